The van der Waals surface area contributed by atoms with E-state index in [1.165, 1.54) is 0 Å². The molecule has 0 saturated carbocycles. The maximum absolute atomic E-state index is 11.0. The van der Waals surface area contributed by atoms with E-state index in [2.05, 4.69) is 11.8 Å². The van der Waals surface area contributed by atoms with Crippen LogP contribution >= 0.6 is 11.6 Å². The van der Waals surface area contributed by atoms with Crippen molar-refractivity contribution in [1.82, 2.24) is 0 Å². The molecule has 0 aromatic heterocycles. The molecule has 0 radical (unpaired) electrons. The number of likely N-dealkylation sites (N-methyl/N-ethyl adjacent to an activating group) is 1. The average Bonchev–Trinajstić information content (AvgIpc) is 2.31. The summed E-state index contributed by atoms with van der Waals surface area (Å²) in [7, 11) is 1.67. The quantitative estimate of drug-likeness (QED) is 0.732. The van der Waals surface area contributed by atoms with Gasteiger partial charge >= 0.3 is 0 Å². The molecule has 0 aliphatic heterocycles. The van der Waals surface area contributed by atoms with Crippen molar-refractivity contribution in [2.75, 3.05) is 25.2 Å². The van der Waals surface area contributed by atoms with Crippen LogP contribution in [0.5, 0.6) is 0 Å². The SMILES string of the molecule is CCN(c1cc(Cl)ccc1C=O)C(C)COC. The van der Waals surface area contributed by atoms with Crippen LogP contribution in [0.1, 0.15) is 24.2 Å². The molecule has 1 aromatic rings. The third-order valence-electron chi connectivity index (χ3n) is 2.71. The molecule has 1 unspecified atom stereocenters. The number of rotatable bonds is 6. The van der Waals surface area contributed by atoms with Crippen molar-refractivity contribution in [2.24, 2.45) is 0 Å². The van der Waals surface area contributed by atoms with Crippen molar-refractivity contribution in [3.05, 3.63) is 28.8 Å². The molecule has 0 amide bonds. The van der Waals surface area contributed by atoms with Gasteiger partial charge < -0.3 is 9.64 Å². The van der Waals surface area contributed by atoms with Crippen molar-refractivity contribution in [2.45, 2.75) is 19.9 Å². The molecule has 94 valence electrons. The zero-order valence-corrected chi connectivity index (χ0v) is 11.2. The summed E-state index contributed by atoms with van der Waals surface area (Å²) in [4.78, 5) is 13.1. The zero-order chi connectivity index (χ0) is 12.8. The van der Waals surface area contributed by atoms with Crippen molar-refractivity contribution in [3.8, 4) is 0 Å². The first-order chi connectivity index (χ1) is 8.13. The Bertz CT molecular complexity index is 382. The molecule has 0 spiro atoms. The molecule has 0 aliphatic carbocycles. The minimum Gasteiger partial charge on any atom is -0.383 e. The minimum absolute atomic E-state index is 0.196. The summed E-state index contributed by atoms with van der Waals surface area (Å²) in [5.41, 5.74) is 1.51. The Labute approximate surface area is 107 Å². The molecule has 0 aliphatic rings. The van der Waals surface area contributed by atoms with Crippen LogP contribution in [0, 0.1) is 0 Å². The van der Waals surface area contributed by atoms with Crippen LogP contribution < -0.4 is 4.90 Å². The number of methoxy groups -OCH3 is 1. The summed E-state index contributed by atoms with van der Waals surface area (Å²) in [6.45, 7) is 5.51. The predicted octanol–water partition coefficient (Wildman–Crippen LogP) is 3.01. The Morgan fingerprint density at radius 2 is 2.24 bits per heavy atom. The summed E-state index contributed by atoms with van der Waals surface area (Å²) < 4.78 is 5.15. The maximum atomic E-state index is 11.0. The number of carbonyl (C=O) groups is 1. The van der Waals surface area contributed by atoms with Crippen LogP contribution in [0.25, 0.3) is 0 Å². The molecule has 0 saturated heterocycles. The van der Waals surface area contributed by atoms with Crippen LogP contribution in [0.3, 0.4) is 0 Å². The highest BCUT2D eigenvalue weighted by atomic mass is 35.5. The third kappa shape index (κ3) is 3.45. The topological polar surface area (TPSA) is 29.5 Å². The van der Waals surface area contributed by atoms with E-state index in [1.807, 2.05) is 13.0 Å². The van der Waals surface area contributed by atoms with Gasteiger partial charge in [-0.15, -0.1) is 0 Å². The van der Waals surface area contributed by atoms with Gasteiger partial charge in [-0.25, -0.2) is 0 Å². The standard InChI is InChI=1S/C13H18ClNO2/c1-4-15(10(2)9-17-3)13-7-12(14)6-5-11(13)8-16/h5-8,10H,4,9H2,1-3H3. The Morgan fingerprint density at radius 3 is 2.76 bits per heavy atom. The molecule has 1 rings (SSSR count). The zero-order valence-electron chi connectivity index (χ0n) is 10.4. The van der Waals surface area contributed by atoms with Crippen LogP contribution in [0.15, 0.2) is 18.2 Å². The first-order valence-electron chi connectivity index (χ1n) is 5.64. The van der Waals surface area contributed by atoms with E-state index >= 15 is 0 Å². The van der Waals surface area contributed by atoms with Gasteiger partial charge in [-0.1, -0.05) is 11.6 Å². The number of benzene rings is 1. The van der Waals surface area contributed by atoms with Gasteiger partial charge in [0.2, 0.25) is 0 Å². The molecular weight excluding hydrogens is 238 g/mol. The second-order valence-corrected chi connectivity index (χ2v) is 4.35. The molecule has 17 heavy (non-hydrogen) atoms. The Kier molecular flexibility index (Phi) is 5.45. The van der Waals surface area contributed by atoms with Gasteiger partial charge in [0.25, 0.3) is 0 Å². The molecule has 0 heterocycles. The monoisotopic (exact) mass is 255 g/mol. The molecule has 4 heteroatoms. The highest BCUT2D eigenvalue weighted by Gasteiger charge is 2.16. The van der Waals surface area contributed by atoms with E-state index in [9.17, 15) is 4.79 Å². The average molecular weight is 256 g/mol. The van der Waals surface area contributed by atoms with Gasteiger partial charge in [0, 0.05) is 36.0 Å². The van der Waals surface area contributed by atoms with E-state index in [1.54, 1.807) is 19.2 Å². The molecule has 0 N–H and O–H groups in total. The van der Waals surface area contributed by atoms with Crippen molar-refractivity contribution in [3.63, 3.8) is 0 Å². The van der Waals surface area contributed by atoms with Gasteiger partial charge in [-0.3, -0.25) is 4.79 Å². The summed E-state index contributed by atoms with van der Waals surface area (Å²) in [5.74, 6) is 0. The Balaban J connectivity index is 3.09. The van der Waals surface area contributed by atoms with E-state index in [0.717, 1.165) is 18.5 Å². The molecule has 3 nitrogen and oxygen atoms in total. The fourth-order valence-corrected chi connectivity index (χ4v) is 2.08. The summed E-state index contributed by atoms with van der Waals surface area (Å²) >= 11 is 5.98. The molecule has 1 atom stereocenters. The largest absolute Gasteiger partial charge is 0.383 e. The second-order valence-electron chi connectivity index (χ2n) is 3.91. The number of hydrogen-bond acceptors (Lipinski definition) is 3. The number of carbonyl (C=O) groups excluding carboxylic acids is 1. The van der Waals surface area contributed by atoms with Crippen LogP contribution in [0.4, 0.5) is 5.69 Å². The Hall–Kier alpha value is -1.06. The lowest BCUT2D eigenvalue weighted by atomic mass is 10.1. The lowest BCUT2D eigenvalue weighted by molar-refractivity contribution is 0.112. The summed E-state index contributed by atoms with van der Waals surface area (Å²) in [6.07, 6.45) is 0.855. The number of ether oxygens (including phenoxy) is 1. The maximum Gasteiger partial charge on any atom is 0.152 e. The fraction of sp³-hybridized carbons (Fsp3) is 0.462. The molecule has 0 fully saturated rings. The van der Waals surface area contributed by atoms with E-state index in [4.69, 9.17) is 16.3 Å². The van der Waals surface area contributed by atoms with Gasteiger partial charge in [0.1, 0.15) is 0 Å². The van der Waals surface area contributed by atoms with Crippen molar-refractivity contribution in [1.29, 1.82) is 0 Å². The first-order valence-corrected chi connectivity index (χ1v) is 6.02. The van der Waals surface area contributed by atoms with Gasteiger partial charge in [-0.05, 0) is 32.0 Å². The number of anilines is 1. The Morgan fingerprint density at radius 1 is 1.53 bits per heavy atom. The summed E-state index contributed by atoms with van der Waals surface area (Å²) in [6, 6.07) is 5.49. The molecular formula is C13H18ClNO2. The third-order valence-corrected chi connectivity index (χ3v) is 2.94. The van der Waals surface area contributed by atoms with Gasteiger partial charge in [0.05, 0.1) is 6.61 Å². The van der Waals surface area contributed by atoms with Crippen molar-refractivity contribution < 1.29 is 9.53 Å². The number of halogens is 1. The lowest BCUT2D eigenvalue weighted by Gasteiger charge is -2.30. The van der Waals surface area contributed by atoms with Crippen LogP contribution in [-0.2, 0) is 4.74 Å². The number of nitrogens with zero attached hydrogens (tertiary/aromatic N) is 1. The van der Waals surface area contributed by atoms with E-state index in [-0.39, 0.29) is 6.04 Å². The van der Waals surface area contributed by atoms with Gasteiger partial charge in [0.15, 0.2) is 6.29 Å². The van der Waals surface area contributed by atoms with Gasteiger partial charge in [-0.2, -0.15) is 0 Å². The minimum atomic E-state index is 0.196. The first kappa shape index (κ1) is 14.0. The van der Waals surface area contributed by atoms with E-state index in [0.29, 0.717) is 17.2 Å². The molecule has 1 aromatic carbocycles. The van der Waals surface area contributed by atoms with Crippen LogP contribution in [-0.4, -0.2) is 32.6 Å². The molecule has 0 bridgehead atoms. The van der Waals surface area contributed by atoms with E-state index < -0.39 is 0 Å². The number of aldehydes is 1. The smallest absolute Gasteiger partial charge is 0.152 e. The second kappa shape index (κ2) is 6.62. The summed E-state index contributed by atoms with van der Waals surface area (Å²) in [5, 5.41) is 0.633. The van der Waals surface area contributed by atoms with Crippen LogP contribution in [0.2, 0.25) is 5.02 Å². The normalized spacial score (nSPS) is 12.2. The highest BCUT2D eigenvalue weighted by Crippen LogP contribution is 2.25. The fourth-order valence-electron chi connectivity index (χ4n) is 1.92. The highest BCUT2D eigenvalue weighted by molar-refractivity contribution is 6.31. The number of hydrogen-bond donors (Lipinski definition) is 0. The predicted molar refractivity (Wildman–Crippen MR) is 71.2 cm³/mol. The lowest BCUT2D eigenvalue weighted by Crippen LogP contribution is -2.36. The van der Waals surface area contributed by atoms with Crippen molar-refractivity contribution >= 4 is 23.6 Å².